The molecule has 1 aromatic heterocycles. The quantitative estimate of drug-likeness (QED) is 0.381. The number of nitrogens with one attached hydrogen (secondary N) is 1. The van der Waals surface area contributed by atoms with E-state index < -0.39 is 21.9 Å². The Morgan fingerprint density at radius 1 is 1.18 bits per heavy atom. The van der Waals surface area contributed by atoms with Crippen LogP contribution in [0.4, 0.5) is 10.5 Å². The van der Waals surface area contributed by atoms with Crippen molar-refractivity contribution in [2.45, 2.75) is 13.3 Å². The van der Waals surface area contributed by atoms with Crippen LogP contribution >= 0.6 is 11.6 Å². The van der Waals surface area contributed by atoms with Crippen LogP contribution in [0.5, 0.6) is 5.75 Å². The summed E-state index contributed by atoms with van der Waals surface area (Å²) in [7, 11) is 2.26. The normalized spacial score (nSPS) is 11.3. The molecule has 1 amide bonds. The molecule has 0 aliphatic rings. The molecule has 3 rings (SSSR count). The number of carbonyl (C=O) groups excluding carboxylic acids is 1. The van der Waals surface area contributed by atoms with Gasteiger partial charge in [0.15, 0.2) is 5.75 Å². The summed E-state index contributed by atoms with van der Waals surface area (Å²) in [6.07, 6.45) is -0.395. The molecule has 2 aromatic carbocycles. The number of halogens is 1. The van der Waals surface area contributed by atoms with Crippen LogP contribution in [0, 0.1) is 6.92 Å². The van der Waals surface area contributed by atoms with Crippen molar-refractivity contribution in [3.05, 3.63) is 68.5 Å². The molecule has 1 N–H and O–H groups in total. The van der Waals surface area contributed by atoms with Crippen molar-refractivity contribution in [2.75, 3.05) is 32.9 Å². The number of aryl methyl sites for hydroxylation is 1. The van der Waals surface area contributed by atoms with E-state index in [1.807, 2.05) is 0 Å². The van der Waals surface area contributed by atoms with Crippen molar-refractivity contribution < 1.29 is 53.4 Å². The Labute approximate surface area is 226 Å². The molecular weight excluding hydrogens is 493 g/mol. The van der Waals surface area contributed by atoms with E-state index in [2.05, 4.69) is 4.72 Å². The fourth-order valence-corrected chi connectivity index (χ4v) is 3.86. The molecule has 0 fully saturated rings. The summed E-state index contributed by atoms with van der Waals surface area (Å²) < 4.78 is 38.4. The van der Waals surface area contributed by atoms with Gasteiger partial charge < -0.3 is 15.5 Å². The van der Waals surface area contributed by atoms with Gasteiger partial charge in [-0.25, -0.2) is 9.59 Å². The molecule has 0 bridgehead atoms. The second kappa shape index (κ2) is 11.1. The molecule has 9 nitrogen and oxygen atoms in total. The summed E-state index contributed by atoms with van der Waals surface area (Å²) in [4.78, 5) is 25.9. The van der Waals surface area contributed by atoms with Gasteiger partial charge in [-0.05, 0) is 36.2 Å². The second-order valence-corrected chi connectivity index (χ2v) is 10.1. The van der Waals surface area contributed by atoms with Crippen molar-refractivity contribution in [3.63, 3.8) is 0 Å². The number of benzene rings is 2. The summed E-state index contributed by atoms with van der Waals surface area (Å²) in [5, 5.41) is 0.796. The molecule has 34 heavy (non-hydrogen) atoms. The predicted molar refractivity (Wildman–Crippen MR) is 129 cm³/mol. The van der Waals surface area contributed by atoms with Crippen LogP contribution < -0.4 is 44.6 Å². The van der Waals surface area contributed by atoms with Crippen molar-refractivity contribution in [3.8, 4) is 5.75 Å². The zero-order valence-corrected chi connectivity index (χ0v) is 23.4. The van der Waals surface area contributed by atoms with Gasteiger partial charge in [0.05, 0.1) is 10.7 Å². The average Bonchev–Trinajstić information content (AvgIpc) is 2.72. The number of anilines is 1. The first-order chi connectivity index (χ1) is 15.4. The average molecular weight is 518 g/mol. The Balaban J connectivity index is 0.00000306. The molecular formula is C22H25ClN3NaO6S. The minimum atomic E-state index is -3.66. The van der Waals surface area contributed by atoms with Crippen molar-refractivity contribution in [1.82, 2.24) is 9.21 Å². The molecule has 178 valence electrons. The Kier molecular flexibility index (Phi) is 9.20. The minimum absolute atomic E-state index is 0. The molecule has 1 heterocycles. The Hall–Kier alpha value is -2.08. The minimum Gasteiger partial charge on any atom is -1.00 e. The SMILES string of the molecule is Cc1c(Cc2cccc(NS(=O)(=O)N(C)C)c2)c(=O)oc2cc(OC(=O)N(C)C)c(Cl)cc12.[H-].[Na+]. The molecule has 0 radical (unpaired) electrons. The van der Waals surface area contributed by atoms with Gasteiger partial charge in [-0.15, -0.1) is 0 Å². The molecule has 3 aromatic rings. The molecule has 0 aliphatic heterocycles. The third-order valence-electron chi connectivity index (χ3n) is 4.94. The summed E-state index contributed by atoms with van der Waals surface area (Å²) in [5.74, 6) is 0.0824. The zero-order valence-electron chi connectivity index (χ0n) is 20.8. The maximum Gasteiger partial charge on any atom is 1.00 e. The number of amides is 1. The first-order valence-electron chi connectivity index (χ1n) is 9.83. The van der Waals surface area contributed by atoms with Gasteiger partial charge in [-0.3, -0.25) is 4.72 Å². The van der Waals surface area contributed by atoms with Crippen molar-refractivity contribution >= 4 is 44.6 Å². The van der Waals surface area contributed by atoms with E-state index in [1.165, 1.54) is 39.2 Å². The number of hydrogen-bond acceptors (Lipinski definition) is 6. The molecule has 0 unspecified atom stereocenters. The van der Waals surface area contributed by atoms with Crippen LogP contribution in [0.2, 0.25) is 5.02 Å². The number of ether oxygens (including phenoxy) is 1. The number of fused-ring (bicyclic) bond motifs is 1. The van der Waals surface area contributed by atoms with E-state index in [0.717, 1.165) is 4.31 Å². The summed E-state index contributed by atoms with van der Waals surface area (Å²) in [6, 6.07) is 9.75. The van der Waals surface area contributed by atoms with Gasteiger partial charge in [0.25, 0.3) is 0 Å². The smallest absolute Gasteiger partial charge is 1.00 e. The van der Waals surface area contributed by atoms with Crippen LogP contribution in [0.15, 0.2) is 45.6 Å². The molecule has 12 heteroatoms. The van der Waals surface area contributed by atoms with Gasteiger partial charge in [0.1, 0.15) is 5.58 Å². The van der Waals surface area contributed by atoms with Crippen molar-refractivity contribution in [2.24, 2.45) is 0 Å². The van der Waals surface area contributed by atoms with E-state index in [4.69, 9.17) is 20.8 Å². The number of nitrogens with zero attached hydrogens (tertiary/aromatic N) is 2. The van der Waals surface area contributed by atoms with Gasteiger partial charge >= 0.3 is 51.5 Å². The molecule has 0 atom stereocenters. The first-order valence-corrected chi connectivity index (χ1v) is 11.6. The summed E-state index contributed by atoms with van der Waals surface area (Å²) in [5.41, 5.74) is 1.84. The third-order valence-corrected chi connectivity index (χ3v) is 6.69. The Morgan fingerprint density at radius 3 is 2.47 bits per heavy atom. The molecule has 0 aliphatic carbocycles. The van der Waals surface area contributed by atoms with E-state index in [1.54, 1.807) is 37.3 Å². The zero-order chi connectivity index (χ0) is 24.5. The second-order valence-electron chi connectivity index (χ2n) is 7.80. The monoisotopic (exact) mass is 517 g/mol. The van der Waals surface area contributed by atoms with Crippen LogP contribution in [0.1, 0.15) is 18.1 Å². The predicted octanol–water partition coefficient (Wildman–Crippen LogP) is 0.741. The Morgan fingerprint density at radius 2 is 1.85 bits per heavy atom. The van der Waals surface area contributed by atoms with E-state index >= 15 is 0 Å². The van der Waals surface area contributed by atoms with Gasteiger partial charge in [0, 0.05) is 51.6 Å². The standard InChI is InChI=1S/C22H24ClN3O6S.Na.H/c1-13-16-11-18(23)20(32-22(28)25(2)3)12-19(16)31-21(27)17(13)10-14-7-6-8-15(9-14)24-33(29,30)26(4)5;;/h6-9,11-12,24H,10H2,1-5H3;;/q;+1;-1. The first kappa shape index (κ1) is 28.2. The molecule has 0 saturated heterocycles. The fraction of sp³-hybridized carbons (Fsp3) is 0.273. The van der Waals surface area contributed by atoms with Gasteiger partial charge in [-0.2, -0.15) is 12.7 Å². The number of carbonyl (C=O) groups is 1. The molecule has 0 saturated carbocycles. The fourth-order valence-electron chi connectivity index (χ4n) is 3.05. The molecule has 0 spiro atoms. The van der Waals surface area contributed by atoms with Crippen LogP contribution in [0.25, 0.3) is 11.0 Å². The van der Waals surface area contributed by atoms with E-state index in [0.29, 0.717) is 27.8 Å². The van der Waals surface area contributed by atoms with Crippen molar-refractivity contribution in [1.29, 1.82) is 0 Å². The third kappa shape index (κ3) is 6.32. The van der Waals surface area contributed by atoms with Gasteiger partial charge in [-0.1, -0.05) is 23.7 Å². The van der Waals surface area contributed by atoms with E-state index in [9.17, 15) is 18.0 Å². The van der Waals surface area contributed by atoms with Crippen LogP contribution in [0.3, 0.4) is 0 Å². The largest absolute Gasteiger partial charge is 1.00 e. The maximum atomic E-state index is 12.8. The van der Waals surface area contributed by atoms with E-state index in [-0.39, 0.29) is 53.8 Å². The number of rotatable bonds is 6. The van der Waals surface area contributed by atoms with Crippen LogP contribution in [-0.4, -0.2) is 51.9 Å². The topological polar surface area (TPSA) is 109 Å². The summed E-state index contributed by atoms with van der Waals surface area (Å²) >= 11 is 6.30. The number of hydrogen-bond donors (Lipinski definition) is 1. The van der Waals surface area contributed by atoms with Crippen LogP contribution in [-0.2, 0) is 16.6 Å². The maximum absolute atomic E-state index is 12.8. The summed E-state index contributed by atoms with van der Waals surface area (Å²) in [6.45, 7) is 1.77. The Bertz CT molecular complexity index is 1400. The van der Waals surface area contributed by atoms with Gasteiger partial charge in [0.2, 0.25) is 0 Å².